The average Bonchev–Trinajstić information content (AvgIpc) is 2.89. The van der Waals surface area contributed by atoms with Crippen LogP contribution in [0, 0.1) is 15.5 Å². The van der Waals surface area contributed by atoms with Crippen LogP contribution in [0.4, 0.5) is 5.69 Å². The van der Waals surface area contributed by atoms with Crippen molar-refractivity contribution in [3.05, 3.63) is 39.9 Å². The summed E-state index contributed by atoms with van der Waals surface area (Å²) in [5.74, 6) is 0. The number of nitrogens with zero attached hydrogens (tertiary/aromatic N) is 1. The van der Waals surface area contributed by atoms with E-state index in [4.69, 9.17) is 11.6 Å². The second kappa shape index (κ2) is 5.91. The van der Waals surface area contributed by atoms with Gasteiger partial charge in [-0.05, 0) is 36.7 Å². The Hall–Kier alpha value is -1.09. The van der Waals surface area contributed by atoms with E-state index >= 15 is 0 Å². The van der Waals surface area contributed by atoms with Gasteiger partial charge in [0.05, 0.1) is 4.92 Å². The van der Waals surface area contributed by atoms with Gasteiger partial charge in [0.2, 0.25) is 0 Å². The summed E-state index contributed by atoms with van der Waals surface area (Å²) in [6.45, 7) is 2.22. The molecule has 19 heavy (non-hydrogen) atoms. The van der Waals surface area contributed by atoms with Crippen LogP contribution >= 0.6 is 11.6 Å². The van der Waals surface area contributed by atoms with Crippen LogP contribution in [0.15, 0.2) is 24.3 Å². The van der Waals surface area contributed by atoms with Crippen LogP contribution in [0.5, 0.6) is 0 Å². The molecule has 0 spiro atoms. The highest BCUT2D eigenvalue weighted by atomic mass is 35.5. The Morgan fingerprint density at radius 1 is 1.32 bits per heavy atom. The van der Waals surface area contributed by atoms with Gasteiger partial charge in [-0.3, -0.25) is 10.1 Å². The maximum Gasteiger partial charge on any atom is 0.269 e. The minimum absolute atomic E-state index is 0.126. The molecule has 3 nitrogen and oxygen atoms in total. The summed E-state index contributed by atoms with van der Waals surface area (Å²) in [7, 11) is 0. The molecule has 1 aromatic carbocycles. The Balaban J connectivity index is 2.05. The molecule has 1 unspecified atom stereocenters. The van der Waals surface area contributed by atoms with E-state index in [0.717, 1.165) is 18.4 Å². The molecule has 0 aromatic heterocycles. The Bertz CT molecular complexity index is 438. The summed E-state index contributed by atoms with van der Waals surface area (Å²) in [6.07, 6.45) is 6.89. The van der Waals surface area contributed by atoms with Crippen molar-refractivity contribution >= 4 is 17.3 Å². The fourth-order valence-corrected chi connectivity index (χ4v) is 3.70. The van der Waals surface area contributed by atoms with Crippen molar-refractivity contribution in [2.24, 2.45) is 5.41 Å². The maximum absolute atomic E-state index is 10.6. The lowest BCUT2D eigenvalue weighted by molar-refractivity contribution is -0.384. The van der Waals surface area contributed by atoms with Crippen LogP contribution in [0.3, 0.4) is 0 Å². The first-order chi connectivity index (χ1) is 9.07. The van der Waals surface area contributed by atoms with Gasteiger partial charge < -0.3 is 0 Å². The average molecular weight is 282 g/mol. The van der Waals surface area contributed by atoms with Crippen LogP contribution in [0.1, 0.15) is 44.6 Å². The molecule has 0 heterocycles. The second-order valence-electron chi connectivity index (χ2n) is 5.52. The third-order valence-electron chi connectivity index (χ3n) is 4.53. The first-order valence-corrected chi connectivity index (χ1v) is 7.38. The molecule has 0 amide bonds. The van der Waals surface area contributed by atoms with E-state index in [2.05, 4.69) is 6.92 Å². The molecule has 104 valence electrons. The second-order valence-corrected chi connectivity index (χ2v) is 6.05. The number of hydrogen-bond acceptors (Lipinski definition) is 2. The molecule has 1 aliphatic carbocycles. The standard InChI is InChI=1S/C15H20ClNO2/c1-2-15(9-3-4-10-15)14(16)11-12-5-7-13(8-6-12)17(18)19/h5-8,14H,2-4,9-11H2,1H3. The van der Waals surface area contributed by atoms with E-state index < -0.39 is 0 Å². The van der Waals surface area contributed by atoms with E-state index in [1.165, 1.54) is 25.7 Å². The first-order valence-electron chi connectivity index (χ1n) is 6.95. The summed E-state index contributed by atoms with van der Waals surface area (Å²) in [4.78, 5) is 10.3. The third kappa shape index (κ3) is 3.08. The zero-order chi connectivity index (χ0) is 13.9. The molecule has 1 aliphatic rings. The SMILES string of the molecule is CCC1(C(Cl)Cc2ccc([N+](=O)[O-])cc2)CCCC1. The van der Waals surface area contributed by atoms with Crippen molar-refractivity contribution < 1.29 is 4.92 Å². The van der Waals surface area contributed by atoms with Gasteiger partial charge >= 0.3 is 0 Å². The minimum atomic E-state index is -0.369. The number of nitro benzene ring substituents is 1. The van der Waals surface area contributed by atoms with Crippen LogP contribution < -0.4 is 0 Å². The lowest BCUT2D eigenvalue weighted by Gasteiger charge is -2.33. The lowest BCUT2D eigenvalue weighted by atomic mass is 9.78. The highest BCUT2D eigenvalue weighted by Gasteiger charge is 2.38. The van der Waals surface area contributed by atoms with Crippen molar-refractivity contribution in [2.75, 3.05) is 0 Å². The van der Waals surface area contributed by atoms with Crippen LogP contribution in [0.25, 0.3) is 0 Å². The highest BCUT2D eigenvalue weighted by Crippen LogP contribution is 2.47. The Labute approximate surface area is 119 Å². The van der Waals surface area contributed by atoms with Crippen LogP contribution in [-0.4, -0.2) is 10.3 Å². The topological polar surface area (TPSA) is 43.1 Å². The molecular weight excluding hydrogens is 262 g/mol. The monoisotopic (exact) mass is 281 g/mol. The molecule has 0 aliphatic heterocycles. The summed E-state index contributed by atoms with van der Waals surface area (Å²) in [5, 5.41) is 10.7. The number of hydrogen-bond donors (Lipinski definition) is 0. The molecule has 0 bridgehead atoms. The number of non-ortho nitro benzene ring substituents is 1. The fourth-order valence-electron chi connectivity index (χ4n) is 3.14. The van der Waals surface area contributed by atoms with Gasteiger partial charge in [-0.15, -0.1) is 11.6 Å². The number of nitro groups is 1. The van der Waals surface area contributed by atoms with E-state index in [9.17, 15) is 10.1 Å². The maximum atomic E-state index is 10.6. The van der Waals surface area contributed by atoms with Gasteiger partial charge in [-0.1, -0.05) is 31.9 Å². The smallest absolute Gasteiger partial charge is 0.258 e. The molecule has 1 saturated carbocycles. The van der Waals surface area contributed by atoms with Crippen molar-refractivity contribution in [3.63, 3.8) is 0 Å². The Morgan fingerprint density at radius 3 is 2.37 bits per heavy atom. The largest absolute Gasteiger partial charge is 0.269 e. The third-order valence-corrected chi connectivity index (χ3v) is 5.15. The number of halogens is 1. The quantitative estimate of drug-likeness (QED) is 0.445. The molecule has 1 atom stereocenters. The number of rotatable bonds is 5. The van der Waals surface area contributed by atoms with Gasteiger partial charge in [0.1, 0.15) is 0 Å². The van der Waals surface area contributed by atoms with Gasteiger partial charge in [-0.2, -0.15) is 0 Å². The van der Waals surface area contributed by atoms with E-state index in [1.54, 1.807) is 12.1 Å². The molecule has 2 rings (SSSR count). The summed E-state index contributed by atoms with van der Waals surface area (Å²) in [5.41, 5.74) is 1.50. The van der Waals surface area contributed by atoms with Crippen molar-refractivity contribution in [3.8, 4) is 0 Å². The van der Waals surface area contributed by atoms with Crippen LogP contribution in [0.2, 0.25) is 0 Å². The molecular formula is C15H20ClNO2. The molecule has 4 heteroatoms. The Kier molecular flexibility index (Phi) is 4.46. The van der Waals surface area contributed by atoms with Gasteiger partial charge in [0, 0.05) is 17.5 Å². The zero-order valence-electron chi connectivity index (χ0n) is 11.3. The molecule has 1 fully saturated rings. The molecule has 0 N–H and O–H groups in total. The minimum Gasteiger partial charge on any atom is -0.258 e. The fraction of sp³-hybridized carbons (Fsp3) is 0.600. The molecule has 1 aromatic rings. The molecule has 0 saturated heterocycles. The van der Waals surface area contributed by atoms with Crippen LogP contribution in [-0.2, 0) is 6.42 Å². The number of alkyl halides is 1. The van der Waals surface area contributed by atoms with Gasteiger partial charge in [0.15, 0.2) is 0 Å². The van der Waals surface area contributed by atoms with E-state index in [-0.39, 0.29) is 21.4 Å². The zero-order valence-corrected chi connectivity index (χ0v) is 12.0. The first kappa shape index (κ1) is 14.3. The predicted molar refractivity (Wildman–Crippen MR) is 77.6 cm³/mol. The lowest BCUT2D eigenvalue weighted by Crippen LogP contribution is -2.29. The molecule has 0 radical (unpaired) electrons. The van der Waals surface area contributed by atoms with Gasteiger partial charge in [0.25, 0.3) is 5.69 Å². The van der Waals surface area contributed by atoms with Crippen molar-refractivity contribution in [1.29, 1.82) is 0 Å². The predicted octanol–water partition coefficient (Wildman–Crippen LogP) is 4.72. The summed E-state index contributed by atoms with van der Waals surface area (Å²) >= 11 is 6.65. The highest BCUT2D eigenvalue weighted by molar-refractivity contribution is 6.21. The normalized spacial score (nSPS) is 19.3. The number of benzene rings is 1. The van der Waals surface area contributed by atoms with Crippen molar-refractivity contribution in [1.82, 2.24) is 0 Å². The summed E-state index contributed by atoms with van der Waals surface area (Å²) < 4.78 is 0. The Morgan fingerprint density at radius 2 is 1.89 bits per heavy atom. The van der Waals surface area contributed by atoms with E-state index in [1.807, 2.05) is 12.1 Å². The van der Waals surface area contributed by atoms with E-state index in [0.29, 0.717) is 0 Å². The summed E-state index contributed by atoms with van der Waals surface area (Å²) in [6, 6.07) is 6.77. The van der Waals surface area contributed by atoms with Crippen molar-refractivity contribution in [2.45, 2.75) is 50.8 Å². The van der Waals surface area contributed by atoms with Gasteiger partial charge in [-0.25, -0.2) is 0 Å².